The van der Waals surface area contributed by atoms with Crippen molar-refractivity contribution in [3.63, 3.8) is 0 Å². The molecule has 4 heteroatoms. The van der Waals surface area contributed by atoms with E-state index in [4.69, 9.17) is 0 Å². The van der Waals surface area contributed by atoms with Crippen molar-refractivity contribution in [1.82, 2.24) is 4.90 Å². The van der Waals surface area contributed by atoms with Crippen molar-refractivity contribution >= 4 is 23.0 Å². The molecule has 1 aromatic rings. The number of piperidine rings is 1. The van der Waals surface area contributed by atoms with Gasteiger partial charge in [-0.2, -0.15) is 11.3 Å². The highest BCUT2D eigenvalue weighted by Gasteiger charge is 2.22. The Morgan fingerprint density at radius 2 is 2.00 bits per heavy atom. The predicted octanol–water partition coefficient (Wildman–Crippen LogP) is 1.86. The van der Waals surface area contributed by atoms with E-state index in [2.05, 4.69) is 0 Å². The average molecular weight is 223 g/mol. The van der Waals surface area contributed by atoms with Crippen molar-refractivity contribution in [2.24, 2.45) is 0 Å². The number of amides is 1. The lowest BCUT2D eigenvalue weighted by Crippen LogP contribution is -2.38. The summed E-state index contributed by atoms with van der Waals surface area (Å²) < 4.78 is 0. The molecule has 2 rings (SSSR count). The Labute approximate surface area is 92.7 Å². The van der Waals surface area contributed by atoms with E-state index in [1.54, 1.807) is 16.2 Å². The maximum Gasteiger partial charge on any atom is 0.254 e. The predicted molar refractivity (Wildman–Crippen MR) is 59.2 cm³/mol. The number of nitrogens with zero attached hydrogens (tertiary/aromatic N) is 1. The Kier molecular flexibility index (Phi) is 2.86. The number of carbonyl (C=O) groups is 2. The molecule has 0 atom stereocenters. The lowest BCUT2D eigenvalue weighted by Gasteiger charge is -2.25. The minimum atomic E-state index is 0.0706. The molecule has 1 aliphatic rings. The first kappa shape index (κ1) is 10.4. The van der Waals surface area contributed by atoms with Gasteiger partial charge in [-0.05, 0) is 17.9 Å². The summed E-state index contributed by atoms with van der Waals surface area (Å²) in [6, 6.07) is 0. The van der Waals surface area contributed by atoms with Crippen LogP contribution in [0.5, 0.6) is 0 Å². The number of ketones is 1. The number of likely N-dealkylation sites (tertiary alicyclic amines) is 1. The van der Waals surface area contributed by atoms with Crippen molar-refractivity contribution in [3.8, 4) is 0 Å². The maximum atomic E-state index is 12.0. The summed E-state index contributed by atoms with van der Waals surface area (Å²) in [7, 11) is 0. The summed E-state index contributed by atoms with van der Waals surface area (Å²) in [5.41, 5.74) is 1.82. The zero-order valence-corrected chi connectivity index (χ0v) is 9.47. The molecule has 0 aromatic carbocycles. The molecule has 0 unspecified atom stereocenters. The molecule has 0 aliphatic carbocycles. The summed E-state index contributed by atoms with van der Waals surface area (Å²) in [6.07, 6.45) is 1.02. The number of aryl methyl sites for hydroxylation is 1. The SMILES string of the molecule is Cc1cscc1C(=O)N1CCC(=O)CC1. The summed E-state index contributed by atoms with van der Waals surface area (Å²) in [4.78, 5) is 24.8. The minimum absolute atomic E-state index is 0.0706. The minimum Gasteiger partial charge on any atom is -0.338 e. The van der Waals surface area contributed by atoms with Gasteiger partial charge in [0.05, 0.1) is 5.56 Å². The van der Waals surface area contributed by atoms with Crippen molar-refractivity contribution in [1.29, 1.82) is 0 Å². The molecule has 0 bridgehead atoms. The third kappa shape index (κ3) is 2.09. The van der Waals surface area contributed by atoms with Crippen LogP contribution in [0, 0.1) is 6.92 Å². The quantitative estimate of drug-likeness (QED) is 0.728. The van der Waals surface area contributed by atoms with Crippen molar-refractivity contribution in [2.45, 2.75) is 19.8 Å². The lowest BCUT2D eigenvalue weighted by atomic mass is 10.1. The van der Waals surface area contributed by atoms with Gasteiger partial charge in [0, 0.05) is 31.3 Å². The van der Waals surface area contributed by atoms with E-state index >= 15 is 0 Å². The van der Waals surface area contributed by atoms with Crippen LogP contribution in [-0.4, -0.2) is 29.7 Å². The highest BCUT2D eigenvalue weighted by atomic mass is 32.1. The first-order chi connectivity index (χ1) is 7.18. The molecule has 1 saturated heterocycles. The van der Waals surface area contributed by atoms with Gasteiger partial charge >= 0.3 is 0 Å². The van der Waals surface area contributed by atoms with Gasteiger partial charge < -0.3 is 4.90 Å². The fourth-order valence-electron chi connectivity index (χ4n) is 1.71. The van der Waals surface area contributed by atoms with Crippen LogP contribution in [0.2, 0.25) is 0 Å². The monoisotopic (exact) mass is 223 g/mol. The Bertz CT molecular complexity index is 387. The summed E-state index contributed by atoms with van der Waals surface area (Å²) in [6.45, 7) is 3.10. The van der Waals surface area contributed by atoms with Crippen LogP contribution >= 0.6 is 11.3 Å². The van der Waals surface area contributed by atoms with Crippen LogP contribution in [-0.2, 0) is 4.79 Å². The summed E-state index contributed by atoms with van der Waals surface area (Å²) in [5.74, 6) is 0.336. The molecule has 1 aromatic heterocycles. The second-order valence-corrected chi connectivity index (χ2v) is 4.54. The molecule has 1 amide bonds. The second kappa shape index (κ2) is 4.14. The van der Waals surface area contributed by atoms with Crippen LogP contribution in [0.4, 0.5) is 0 Å². The van der Waals surface area contributed by atoms with Crippen molar-refractivity contribution in [3.05, 3.63) is 21.9 Å². The molecule has 80 valence electrons. The standard InChI is InChI=1S/C11H13NO2S/c1-8-6-15-7-10(8)11(14)12-4-2-9(13)3-5-12/h6-7H,2-5H2,1H3. The van der Waals surface area contributed by atoms with Crippen LogP contribution in [0.25, 0.3) is 0 Å². The van der Waals surface area contributed by atoms with Crippen molar-refractivity contribution in [2.75, 3.05) is 13.1 Å². The van der Waals surface area contributed by atoms with Crippen LogP contribution < -0.4 is 0 Å². The molecule has 0 spiro atoms. The number of rotatable bonds is 1. The Morgan fingerprint density at radius 1 is 1.33 bits per heavy atom. The summed E-state index contributed by atoms with van der Waals surface area (Å²) in [5, 5.41) is 3.86. The molecular formula is C11H13NO2S. The fourth-order valence-corrected chi connectivity index (χ4v) is 2.53. The van der Waals surface area contributed by atoms with Crippen LogP contribution in [0.1, 0.15) is 28.8 Å². The van der Waals surface area contributed by atoms with Gasteiger partial charge in [0.1, 0.15) is 5.78 Å². The Hall–Kier alpha value is -1.16. The van der Waals surface area contributed by atoms with Crippen LogP contribution in [0.15, 0.2) is 10.8 Å². The molecule has 2 heterocycles. The van der Waals surface area contributed by atoms with Crippen LogP contribution in [0.3, 0.4) is 0 Å². The average Bonchev–Trinajstić information content (AvgIpc) is 2.65. The van der Waals surface area contributed by atoms with E-state index in [-0.39, 0.29) is 11.7 Å². The van der Waals surface area contributed by atoms with E-state index in [1.807, 2.05) is 17.7 Å². The normalized spacial score (nSPS) is 16.9. The highest BCUT2D eigenvalue weighted by molar-refractivity contribution is 7.08. The second-order valence-electron chi connectivity index (χ2n) is 3.80. The Morgan fingerprint density at radius 3 is 2.53 bits per heavy atom. The van der Waals surface area contributed by atoms with E-state index < -0.39 is 0 Å². The van der Waals surface area contributed by atoms with Gasteiger partial charge in [0.15, 0.2) is 0 Å². The molecule has 15 heavy (non-hydrogen) atoms. The lowest BCUT2D eigenvalue weighted by molar-refractivity contribution is -0.120. The smallest absolute Gasteiger partial charge is 0.254 e. The Balaban J connectivity index is 2.09. The third-order valence-corrected chi connectivity index (χ3v) is 3.56. The van der Waals surface area contributed by atoms with Gasteiger partial charge in [-0.15, -0.1) is 0 Å². The van der Waals surface area contributed by atoms with Gasteiger partial charge in [0.2, 0.25) is 0 Å². The van der Waals surface area contributed by atoms with Crippen molar-refractivity contribution < 1.29 is 9.59 Å². The number of hydrogen-bond acceptors (Lipinski definition) is 3. The van der Waals surface area contributed by atoms with E-state index in [0.717, 1.165) is 11.1 Å². The molecule has 0 saturated carbocycles. The van der Waals surface area contributed by atoms with Gasteiger partial charge in [-0.25, -0.2) is 0 Å². The van der Waals surface area contributed by atoms with E-state index in [9.17, 15) is 9.59 Å². The van der Waals surface area contributed by atoms with E-state index in [1.165, 1.54) is 0 Å². The first-order valence-corrected chi connectivity index (χ1v) is 5.96. The van der Waals surface area contributed by atoms with E-state index in [0.29, 0.717) is 25.9 Å². The van der Waals surface area contributed by atoms with Gasteiger partial charge in [0.25, 0.3) is 5.91 Å². The summed E-state index contributed by atoms with van der Waals surface area (Å²) >= 11 is 1.54. The van der Waals surface area contributed by atoms with Gasteiger partial charge in [-0.3, -0.25) is 9.59 Å². The zero-order chi connectivity index (χ0) is 10.8. The molecular weight excluding hydrogens is 210 g/mol. The van der Waals surface area contributed by atoms with Gasteiger partial charge in [-0.1, -0.05) is 0 Å². The highest BCUT2D eigenvalue weighted by Crippen LogP contribution is 2.18. The molecule has 0 radical (unpaired) electrons. The molecule has 0 N–H and O–H groups in total. The number of carbonyl (C=O) groups excluding carboxylic acids is 2. The number of Topliss-reactive ketones (excluding diaryl/α,β-unsaturated/α-hetero) is 1. The topological polar surface area (TPSA) is 37.4 Å². The molecule has 1 aliphatic heterocycles. The number of hydrogen-bond donors (Lipinski definition) is 0. The fraction of sp³-hybridized carbons (Fsp3) is 0.455. The first-order valence-electron chi connectivity index (χ1n) is 5.02. The molecule has 3 nitrogen and oxygen atoms in total. The molecule has 1 fully saturated rings. The largest absolute Gasteiger partial charge is 0.338 e. The third-order valence-electron chi connectivity index (χ3n) is 2.69. The number of thiophene rings is 1. The zero-order valence-electron chi connectivity index (χ0n) is 8.66. The maximum absolute atomic E-state index is 12.0.